The topological polar surface area (TPSA) is 24.5 Å². The Balaban J connectivity index is 1.77. The third kappa shape index (κ3) is 3.44. The quantitative estimate of drug-likeness (QED) is 0.738. The Labute approximate surface area is 93.2 Å². The lowest BCUT2D eigenvalue weighted by Crippen LogP contribution is -2.49. The molecule has 1 N–H and O–H groups in total. The number of ether oxygens (including phenoxy) is 1. The lowest BCUT2D eigenvalue weighted by atomic mass is 10.0. The first-order valence-electron chi connectivity index (χ1n) is 6.23. The minimum absolute atomic E-state index is 0.603. The van der Waals surface area contributed by atoms with E-state index < -0.39 is 0 Å². The molecule has 2 aliphatic rings. The molecule has 2 unspecified atom stereocenters. The normalized spacial score (nSPS) is 30.4. The van der Waals surface area contributed by atoms with Crippen LogP contribution in [0.3, 0.4) is 0 Å². The van der Waals surface area contributed by atoms with E-state index in [-0.39, 0.29) is 0 Å². The number of nitrogens with one attached hydrogen (secondary N) is 1. The number of likely N-dealkylation sites (tertiary alicyclic amines) is 1. The smallest absolute Gasteiger partial charge is 0.0618 e. The number of likely N-dealkylation sites (N-methyl/N-ethyl adjacent to an activating group) is 1. The molecule has 3 nitrogen and oxygen atoms in total. The minimum atomic E-state index is 0.603. The Bertz CT molecular complexity index is 194. The van der Waals surface area contributed by atoms with Crippen LogP contribution in [0.25, 0.3) is 0 Å². The zero-order valence-corrected chi connectivity index (χ0v) is 10.0. The highest BCUT2D eigenvalue weighted by molar-refractivity contribution is 4.89. The molecule has 0 bridgehead atoms. The van der Waals surface area contributed by atoms with Crippen LogP contribution in [-0.2, 0) is 4.74 Å². The van der Waals surface area contributed by atoms with Gasteiger partial charge < -0.3 is 15.0 Å². The summed E-state index contributed by atoms with van der Waals surface area (Å²) in [6, 6.07) is 1.29. The van der Waals surface area contributed by atoms with E-state index >= 15 is 0 Å². The monoisotopic (exact) mass is 212 g/mol. The van der Waals surface area contributed by atoms with Gasteiger partial charge in [-0.2, -0.15) is 0 Å². The molecule has 15 heavy (non-hydrogen) atoms. The second kappa shape index (κ2) is 5.28. The van der Waals surface area contributed by atoms with E-state index in [0.29, 0.717) is 12.1 Å². The lowest BCUT2D eigenvalue weighted by molar-refractivity contribution is 0.136. The molecule has 1 heterocycles. The first-order valence-corrected chi connectivity index (χ1v) is 6.23. The molecule has 2 fully saturated rings. The van der Waals surface area contributed by atoms with Crippen LogP contribution in [0.15, 0.2) is 0 Å². The summed E-state index contributed by atoms with van der Waals surface area (Å²) in [6.07, 6.45) is 5.45. The Morgan fingerprint density at radius 2 is 2.20 bits per heavy atom. The summed E-state index contributed by atoms with van der Waals surface area (Å²) in [7, 11) is 4.03. The summed E-state index contributed by atoms with van der Waals surface area (Å²) in [5, 5.41) is 3.78. The van der Waals surface area contributed by atoms with E-state index in [1.807, 2.05) is 7.11 Å². The largest absolute Gasteiger partial charge is 0.383 e. The van der Waals surface area contributed by atoms with Crippen molar-refractivity contribution in [3.05, 3.63) is 0 Å². The summed E-state index contributed by atoms with van der Waals surface area (Å²) in [4.78, 5) is 2.43. The summed E-state index contributed by atoms with van der Waals surface area (Å²) < 4.78 is 5.30. The van der Waals surface area contributed by atoms with Gasteiger partial charge in [0, 0.05) is 25.7 Å². The molecule has 0 spiro atoms. The maximum atomic E-state index is 5.30. The lowest BCUT2D eigenvalue weighted by Gasteiger charge is -2.33. The third-order valence-electron chi connectivity index (χ3n) is 3.61. The second-order valence-corrected chi connectivity index (χ2v) is 5.17. The van der Waals surface area contributed by atoms with Gasteiger partial charge in [0.25, 0.3) is 0 Å². The highest BCUT2D eigenvalue weighted by Crippen LogP contribution is 2.33. The molecule has 2 rings (SSSR count). The van der Waals surface area contributed by atoms with E-state index in [9.17, 15) is 0 Å². The highest BCUT2D eigenvalue weighted by atomic mass is 16.5. The molecule has 1 aliphatic carbocycles. The molecular weight excluding hydrogens is 188 g/mol. The standard InChI is InChI=1S/C12H24N2O/c1-14-7-3-4-11(8-14)13-12(9-15-2)10-5-6-10/h10-13H,3-9H2,1-2H3. The fraction of sp³-hybridized carbons (Fsp3) is 1.00. The number of nitrogens with zero attached hydrogens (tertiary/aromatic N) is 1. The van der Waals surface area contributed by atoms with E-state index in [1.165, 1.54) is 38.8 Å². The van der Waals surface area contributed by atoms with Crippen LogP contribution in [-0.4, -0.2) is 50.8 Å². The summed E-state index contributed by atoms with van der Waals surface area (Å²) in [5.74, 6) is 0.886. The summed E-state index contributed by atoms with van der Waals surface area (Å²) in [6.45, 7) is 3.34. The zero-order valence-electron chi connectivity index (χ0n) is 10.0. The Kier molecular flexibility index (Phi) is 4.00. The van der Waals surface area contributed by atoms with Gasteiger partial charge in [-0.15, -0.1) is 0 Å². The first kappa shape index (κ1) is 11.4. The minimum Gasteiger partial charge on any atom is -0.383 e. The van der Waals surface area contributed by atoms with Gasteiger partial charge in [0.15, 0.2) is 0 Å². The van der Waals surface area contributed by atoms with Crippen LogP contribution in [0.2, 0.25) is 0 Å². The molecule has 1 saturated heterocycles. The van der Waals surface area contributed by atoms with E-state index in [1.54, 1.807) is 0 Å². The van der Waals surface area contributed by atoms with Crippen molar-refractivity contribution in [3.63, 3.8) is 0 Å². The summed E-state index contributed by atoms with van der Waals surface area (Å²) in [5.41, 5.74) is 0. The first-order chi connectivity index (χ1) is 7.29. The molecule has 0 aromatic rings. The van der Waals surface area contributed by atoms with Gasteiger partial charge in [0.1, 0.15) is 0 Å². The fourth-order valence-electron chi connectivity index (χ4n) is 2.60. The second-order valence-electron chi connectivity index (χ2n) is 5.17. The van der Waals surface area contributed by atoms with Crippen LogP contribution < -0.4 is 5.32 Å². The molecule has 0 aromatic heterocycles. The van der Waals surface area contributed by atoms with Crippen molar-refractivity contribution in [2.75, 3.05) is 33.9 Å². The highest BCUT2D eigenvalue weighted by Gasteiger charge is 2.33. The SMILES string of the molecule is COCC(NC1CCCN(C)C1)C1CC1. The van der Waals surface area contributed by atoms with Gasteiger partial charge >= 0.3 is 0 Å². The third-order valence-corrected chi connectivity index (χ3v) is 3.61. The Hall–Kier alpha value is -0.120. The molecule has 1 saturated carbocycles. The predicted molar refractivity (Wildman–Crippen MR) is 62.0 cm³/mol. The van der Waals surface area contributed by atoms with Crippen LogP contribution in [0.5, 0.6) is 0 Å². The fourth-order valence-corrected chi connectivity index (χ4v) is 2.60. The van der Waals surface area contributed by atoms with E-state index in [2.05, 4.69) is 17.3 Å². The maximum absolute atomic E-state index is 5.30. The molecule has 2 atom stereocenters. The average Bonchev–Trinajstić information content (AvgIpc) is 3.00. The zero-order chi connectivity index (χ0) is 10.7. The van der Waals surface area contributed by atoms with Crippen molar-refractivity contribution >= 4 is 0 Å². The Morgan fingerprint density at radius 1 is 1.40 bits per heavy atom. The van der Waals surface area contributed by atoms with Gasteiger partial charge in [-0.25, -0.2) is 0 Å². The molecule has 0 amide bonds. The number of rotatable bonds is 5. The number of methoxy groups -OCH3 is 1. The molecule has 3 heteroatoms. The van der Waals surface area contributed by atoms with Crippen LogP contribution in [0.1, 0.15) is 25.7 Å². The van der Waals surface area contributed by atoms with Crippen LogP contribution in [0, 0.1) is 5.92 Å². The number of piperidine rings is 1. The van der Waals surface area contributed by atoms with Gasteiger partial charge in [-0.05, 0) is 45.2 Å². The van der Waals surface area contributed by atoms with Crippen molar-refractivity contribution in [1.29, 1.82) is 0 Å². The van der Waals surface area contributed by atoms with Gasteiger partial charge in [0.05, 0.1) is 6.61 Å². The number of hydrogen-bond acceptors (Lipinski definition) is 3. The van der Waals surface area contributed by atoms with Crippen LogP contribution in [0.4, 0.5) is 0 Å². The predicted octanol–water partition coefficient (Wildman–Crippen LogP) is 1.10. The molecule has 0 aromatic carbocycles. The van der Waals surface area contributed by atoms with Crippen molar-refractivity contribution in [2.24, 2.45) is 5.92 Å². The van der Waals surface area contributed by atoms with Gasteiger partial charge in [-0.3, -0.25) is 0 Å². The van der Waals surface area contributed by atoms with Crippen molar-refractivity contribution < 1.29 is 4.74 Å². The van der Waals surface area contributed by atoms with E-state index in [0.717, 1.165) is 12.5 Å². The Morgan fingerprint density at radius 3 is 2.80 bits per heavy atom. The average molecular weight is 212 g/mol. The van der Waals surface area contributed by atoms with E-state index in [4.69, 9.17) is 4.74 Å². The molecule has 88 valence electrons. The van der Waals surface area contributed by atoms with Crippen molar-refractivity contribution in [3.8, 4) is 0 Å². The molecular formula is C12H24N2O. The van der Waals surface area contributed by atoms with Crippen molar-refractivity contribution in [2.45, 2.75) is 37.8 Å². The van der Waals surface area contributed by atoms with Gasteiger partial charge in [-0.1, -0.05) is 0 Å². The number of hydrogen-bond donors (Lipinski definition) is 1. The summed E-state index contributed by atoms with van der Waals surface area (Å²) >= 11 is 0. The molecule has 1 aliphatic heterocycles. The molecule has 0 radical (unpaired) electrons. The maximum Gasteiger partial charge on any atom is 0.0618 e. The van der Waals surface area contributed by atoms with Crippen molar-refractivity contribution in [1.82, 2.24) is 10.2 Å². The van der Waals surface area contributed by atoms with Gasteiger partial charge in [0.2, 0.25) is 0 Å². The van der Waals surface area contributed by atoms with Crippen LogP contribution >= 0.6 is 0 Å².